The molecule has 1 aromatic heterocycles. The predicted molar refractivity (Wildman–Crippen MR) is 96.3 cm³/mol. The number of amides is 1. The van der Waals surface area contributed by atoms with E-state index >= 15 is 0 Å². The Labute approximate surface area is 152 Å². The van der Waals surface area contributed by atoms with Crippen LogP contribution in [0.15, 0.2) is 36.5 Å². The van der Waals surface area contributed by atoms with Crippen molar-refractivity contribution in [2.24, 2.45) is 5.92 Å². The summed E-state index contributed by atoms with van der Waals surface area (Å²) in [4.78, 5) is 16.5. The highest BCUT2D eigenvalue weighted by atomic mass is 35.5. The first-order valence-electron chi connectivity index (χ1n) is 8.36. The Balaban J connectivity index is 1.82. The zero-order chi connectivity index (χ0) is 17.8. The number of ether oxygens (including phenoxy) is 2. The van der Waals surface area contributed by atoms with Gasteiger partial charge in [0.15, 0.2) is 11.5 Å². The first kappa shape index (κ1) is 17.5. The van der Waals surface area contributed by atoms with Crippen LogP contribution >= 0.6 is 11.6 Å². The molecule has 0 saturated carbocycles. The van der Waals surface area contributed by atoms with Crippen molar-refractivity contribution in [3.05, 3.63) is 52.8 Å². The summed E-state index contributed by atoms with van der Waals surface area (Å²) >= 11 is 5.78. The molecule has 2 aromatic rings. The van der Waals surface area contributed by atoms with Gasteiger partial charge in [0, 0.05) is 12.6 Å². The van der Waals surface area contributed by atoms with Crippen molar-refractivity contribution in [2.45, 2.75) is 26.3 Å². The second-order valence-electron chi connectivity index (χ2n) is 6.32. The van der Waals surface area contributed by atoms with Crippen molar-refractivity contribution in [1.82, 2.24) is 10.3 Å². The van der Waals surface area contributed by atoms with E-state index in [1.807, 2.05) is 18.2 Å². The van der Waals surface area contributed by atoms with E-state index in [4.69, 9.17) is 21.1 Å². The lowest BCUT2D eigenvalue weighted by atomic mass is 9.95. The summed E-state index contributed by atoms with van der Waals surface area (Å²) in [5.74, 6) is 1.49. The number of hydrogen-bond acceptors (Lipinski definition) is 4. The van der Waals surface area contributed by atoms with Gasteiger partial charge in [-0.15, -0.1) is 0 Å². The van der Waals surface area contributed by atoms with E-state index in [1.165, 1.54) is 6.20 Å². The maximum atomic E-state index is 12.5. The number of pyridine rings is 1. The summed E-state index contributed by atoms with van der Waals surface area (Å²) in [6.45, 7) is 5.41. The molecular weight excluding hydrogens is 340 g/mol. The molecule has 0 aliphatic carbocycles. The number of nitrogens with one attached hydrogen (secondary N) is 1. The van der Waals surface area contributed by atoms with Crippen LogP contribution in [0.1, 0.15) is 42.2 Å². The van der Waals surface area contributed by atoms with Gasteiger partial charge >= 0.3 is 0 Å². The van der Waals surface area contributed by atoms with E-state index in [0.29, 0.717) is 23.9 Å². The highest BCUT2D eigenvalue weighted by molar-refractivity contribution is 6.29. The molecule has 1 aliphatic rings. The molecule has 1 N–H and O–H groups in total. The second-order valence-corrected chi connectivity index (χ2v) is 6.71. The topological polar surface area (TPSA) is 60.5 Å². The minimum atomic E-state index is -0.185. The lowest BCUT2D eigenvalue weighted by molar-refractivity contribution is 0.0925. The molecule has 0 saturated heterocycles. The monoisotopic (exact) mass is 360 g/mol. The quantitative estimate of drug-likeness (QED) is 0.836. The zero-order valence-corrected chi connectivity index (χ0v) is 15.0. The lowest BCUT2D eigenvalue weighted by Crippen LogP contribution is -2.31. The Morgan fingerprint density at radius 2 is 1.92 bits per heavy atom. The van der Waals surface area contributed by atoms with Crippen LogP contribution in [0.5, 0.6) is 11.5 Å². The van der Waals surface area contributed by atoms with Gasteiger partial charge in [-0.05, 0) is 35.7 Å². The van der Waals surface area contributed by atoms with Gasteiger partial charge in [-0.25, -0.2) is 4.98 Å². The molecule has 5 nitrogen and oxygen atoms in total. The SMILES string of the molecule is CC(C)[C@H](NC(=O)c1ccc(Cl)nc1)c1ccc2c(c1)OCCCO2. The van der Waals surface area contributed by atoms with E-state index < -0.39 is 0 Å². The molecule has 3 rings (SSSR count). The Morgan fingerprint density at radius 3 is 2.60 bits per heavy atom. The van der Waals surface area contributed by atoms with E-state index in [2.05, 4.69) is 24.1 Å². The van der Waals surface area contributed by atoms with Crippen molar-refractivity contribution in [2.75, 3.05) is 13.2 Å². The average molecular weight is 361 g/mol. The number of aromatic nitrogens is 1. The number of rotatable bonds is 4. The first-order valence-corrected chi connectivity index (χ1v) is 8.74. The van der Waals surface area contributed by atoms with Crippen molar-refractivity contribution >= 4 is 17.5 Å². The van der Waals surface area contributed by atoms with Crippen molar-refractivity contribution in [1.29, 1.82) is 0 Å². The molecule has 1 amide bonds. The smallest absolute Gasteiger partial charge is 0.253 e. The molecule has 132 valence electrons. The fourth-order valence-corrected chi connectivity index (χ4v) is 2.85. The van der Waals surface area contributed by atoms with Gasteiger partial charge in [0.05, 0.1) is 24.8 Å². The summed E-state index contributed by atoms with van der Waals surface area (Å²) in [5.41, 5.74) is 1.46. The summed E-state index contributed by atoms with van der Waals surface area (Å²) in [6.07, 6.45) is 2.33. The van der Waals surface area contributed by atoms with Gasteiger partial charge in [0.25, 0.3) is 5.91 Å². The van der Waals surface area contributed by atoms with E-state index in [-0.39, 0.29) is 17.9 Å². The van der Waals surface area contributed by atoms with Crippen LogP contribution in [0.3, 0.4) is 0 Å². The third-order valence-electron chi connectivity index (χ3n) is 4.07. The first-order chi connectivity index (χ1) is 12.0. The number of benzene rings is 1. The Bertz CT molecular complexity index is 747. The molecule has 0 unspecified atom stereocenters. The summed E-state index contributed by atoms with van der Waals surface area (Å²) in [5, 5.41) is 3.43. The average Bonchev–Trinajstić information content (AvgIpc) is 2.84. The third-order valence-corrected chi connectivity index (χ3v) is 4.30. The number of nitrogens with zero attached hydrogens (tertiary/aromatic N) is 1. The molecular formula is C19H21ClN2O3. The molecule has 0 bridgehead atoms. The molecule has 0 spiro atoms. The maximum absolute atomic E-state index is 12.5. The summed E-state index contributed by atoms with van der Waals surface area (Å²) in [6, 6.07) is 8.94. The van der Waals surface area contributed by atoms with Crippen molar-refractivity contribution in [3.8, 4) is 11.5 Å². The third kappa shape index (κ3) is 4.23. The van der Waals surface area contributed by atoms with Gasteiger partial charge < -0.3 is 14.8 Å². The van der Waals surface area contributed by atoms with Gasteiger partial charge in [-0.2, -0.15) is 0 Å². The van der Waals surface area contributed by atoms with Gasteiger partial charge in [0.2, 0.25) is 0 Å². The number of halogens is 1. The summed E-state index contributed by atoms with van der Waals surface area (Å²) in [7, 11) is 0. The second kappa shape index (κ2) is 7.74. The zero-order valence-electron chi connectivity index (χ0n) is 14.3. The molecule has 1 atom stereocenters. The number of fused-ring (bicyclic) bond motifs is 1. The number of hydrogen-bond donors (Lipinski definition) is 1. The van der Waals surface area contributed by atoms with Crippen LogP contribution in [-0.4, -0.2) is 24.1 Å². The Kier molecular flexibility index (Phi) is 5.43. The van der Waals surface area contributed by atoms with E-state index in [1.54, 1.807) is 12.1 Å². The molecule has 0 radical (unpaired) electrons. The standard InChI is InChI=1S/C19H21ClN2O3/c1-12(2)18(22-19(23)14-5-7-17(20)21-11-14)13-4-6-15-16(10-13)25-9-3-8-24-15/h4-7,10-12,18H,3,8-9H2,1-2H3,(H,22,23)/t18-/m0/s1. The molecule has 1 aromatic carbocycles. The molecule has 2 heterocycles. The maximum Gasteiger partial charge on any atom is 0.253 e. The predicted octanol–water partition coefficient (Wildman–Crippen LogP) is 4.02. The minimum absolute atomic E-state index is 0.152. The Hall–Kier alpha value is -2.27. The van der Waals surface area contributed by atoms with Crippen LogP contribution in [0.25, 0.3) is 0 Å². The largest absolute Gasteiger partial charge is 0.490 e. The molecule has 25 heavy (non-hydrogen) atoms. The van der Waals surface area contributed by atoms with Gasteiger partial charge in [-0.1, -0.05) is 31.5 Å². The van der Waals surface area contributed by atoms with Crippen molar-refractivity contribution in [3.63, 3.8) is 0 Å². The molecule has 1 aliphatic heterocycles. The molecule has 0 fully saturated rings. The fourth-order valence-electron chi connectivity index (χ4n) is 2.74. The minimum Gasteiger partial charge on any atom is -0.490 e. The van der Waals surface area contributed by atoms with E-state index in [9.17, 15) is 4.79 Å². The van der Waals surface area contributed by atoms with Crippen LogP contribution < -0.4 is 14.8 Å². The lowest BCUT2D eigenvalue weighted by Gasteiger charge is -2.24. The number of carbonyl (C=O) groups excluding carboxylic acids is 1. The van der Waals surface area contributed by atoms with Crippen molar-refractivity contribution < 1.29 is 14.3 Å². The highest BCUT2D eigenvalue weighted by Crippen LogP contribution is 2.34. The summed E-state index contributed by atoms with van der Waals surface area (Å²) < 4.78 is 11.4. The van der Waals surface area contributed by atoms with Crippen LogP contribution in [0.2, 0.25) is 5.15 Å². The highest BCUT2D eigenvalue weighted by Gasteiger charge is 2.21. The normalized spacial score (nSPS) is 14.7. The molecule has 6 heteroatoms. The number of carbonyl (C=O) groups is 1. The fraction of sp³-hybridized carbons (Fsp3) is 0.368. The van der Waals surface area contributed by atoms with E-state index in [0.717, 1.165) is 23.5 Å². The van der Waals surface area contributed by atoms with Crippen LogP contribution in [-0.2, 0) is 0 Å². The van der Waals surface area contributed by atoms with Crippen LogP contribution in [0.4, 0.5) is 0 Å². The Morgan fingerprint density at radius 1 is 1.16 bits per heavy atom. The van der Waals surface area contributed by atoms with Crippen LogP contribution in [0, 0.1) is 5.92 Å². The van der Waals surface area contributed by atoms with Gasteiger partial charge in [0.1, 0.15) is 5.15 Å². The van der Waals surface area contributed by atoms with Gasteiger partial charge in [-0.3, -0.25) is 4.79 Å².